The molecule has 0 aromatic heterocycles. The topological polar surface area (TPSA) is 52.6 Å². The molecule has 2 fully saturated rings. The quantitative estimate of drug-likeness (QED) is 0.592. The number of carbonyl (C=O) groups excluding carboxylic acids is 2. The van der Waals surface area contributed by atoms with Gasteiger partial charge in [0, 0.05) is 6.42 Å². The summed E-state index contributed by atoms with van der Waals surface area (Å²) < 4.78 is 10.6. The van der Waals surface area contributed by atoms with Crippen LogP contribution in [0.15, 0.2) is 0 Å². The summed E-state index contributed by atoms with van der Waals surface area (Å²) in [6.07, 6.45) is 4.37. The molecule has 1 aliphatic carbocycles. The number of hydrogen-bond donors (Lipinski definition) is 0. The Hall–Kier alpha value is -0.770. The highest BCUT2D eigenvalue weighted by Gasteiger charge is 2.54. The molecule has 19 heavy (non-hydrogen) atoms. The van der Waals surface area contributed by atoms with Crippen LogP contribution in [0.5, 0.6) is 0 Å². The molecule has 0 bridgehead atoms. The van der Waals surface area contributed by atoms with Crippen molar-refractivity contribution in [3.63, 3.8) is 0 Å². The van der Waals surface area contributed by atoms with E-state index in [-0.39, 0.29) is 28.8 Å². The van der Waals surface area contributed by atoms with E-state index in [0.29, 0.717) is 6.61 Å². The summed E-state index contributed by atoms with van der Waals surface area (Å²) >= 11 is 5.40. The zero-order chi connectivity index (χ0) is 14.1. The summed E-state index contributed by atoms with van der Waals surface area (Å²) in [7, 11) is 0. The van der Waals surface area contributed by atoms with Gasteiger partial charge in [0.15, 0.2) is 0 Å². The van der Waals surface area contributed by atoms with Crippen molar-refractivity contribution in [3.05, 3.63) is 0 Å². The first-order chi connectivity index (χ1) is 8.87. The smallest absolute Gasteiger partial charge is 0.320 e. The minimum absolute atomic E-state index is 0.0779. The zero-order valence-corrected chi connectivity index (χ0v) is 12.3. The van der Waals surface area contributed by atoms with Gasteiger partial charge in [-0.25, -0.2) is 0 Å². The molecule has 0 aromatic carbocycles. The van der Waals surface area contributed by atoms with Crippen LogP contribution in [0, 0.1) is 11.3 Å². The normalized spacial score (nSPS) is 33.2. The molecule has 0 aromatic rings. The van der Waals surface area contributed by atoms with Crippen LogP contribution in [-0.4, -0.2) is 30.0 Å². The van der Waals surface area contributed by atoms with Gasteiger partial charge in [-0.15, -0.1) is 11.6 Å². The highest BCUT2D eigenvalue weighted by atomic mass is 35.5. The van der Waals surface area contributed by atoms with Gasteiger partial charge in [-0.05, 0) is 39.0 Å². The second-order valence-electron chi connectivity index (χ2n) is 6.39. The Balaban J connectivity index is 1.97. The Bertz CT molecular complexity index is 380. The molecular weight excluding hydrogens is 268 g/mol. The van der Waals surface area contributed by atoms with E-state index < -0.39 is 5.97 Å². The number of rotatable bonds is 3. The van der Waals surface area contributed by atoms with E-state index in [9.17, 15) is 9.59 Å². The maximum absolute atomic E-state index is 12.2. The molecule has 2 aliphatic rings. The molecule has 1 heterocycles. The van der Waals surface area contributed by atoms with Gasteiger partial charge < -0.3 is 9.47 Å². The Morgan fingerprint density at radius 1 is 1.53 bits per heavy atom. The van der Waals surface area contributed by atoms with Gasteiger partial charge >= 0.3 is 11.9 Å². The Morgan fingerprint density at radius 2 is 2.26 bits per heavy atom. The van der Waals surface area contributed by atoms with Gasteiger partial charge in [0.2, 0.25) is 0 Å². The summed E-state index contributed by atoms with van der Waals surface area (Å²) in [6.45, 7) is 4.27. The van der Waals surface area contributed by atoms with Crippen LogP contribution in [0.1, 0.15) is 46.0 Å². The van der Waals surface area contributed by atoms with Crippen LogP contribution in [0.2, 0.25) is 0 Å². The largest absolute Gasteiger partial charge is 0.465 e. The Kier molecular flexibility index (Phi) is 4.09. The predicted octanol–water partition coefficient (Wildman–Crippen LogP) is 2.67. The third-order valence-electron chi connectivity index (χ3n) is 4.10. The first kappa shape index (κ1) is 14.6. The van der Waals surface area contributed by atoms with Gasteiger partial charge in [-0.2, -0.15) is 0 Å². The lowest BCUT2D eigenvalue weighted by Crippen LogP contribution is -2.35. The van der Waals surface area contributed by atoms with Crippen molar-refractivity contribution >= 4 is 23.5 Å². The van der Waals surface area contributed by atoms with Gasteiger partial charge in [0.05, 0.1) is 12.0 Å². The van der Waals surface area contributed by atoms with E-state index in [0.717, 1.165) is 32.1 Å². The third kappa shape index (κ3) is 3.22. The van der Waals surface area contributed by atoms with Gasteiger partial charge in [0.25, 0.3) is 0 Å². The second-order valence-corrected chi connectivity index (χ2v) is 6.65. The summed E-state index contributed by atoms with van der Waals surface area (Å²) in [4.78, 5) is 23.2. The summed E-state index contributed by atoms with van der Waals surface area (Å²) in [5.74, 6) is -0.351. The fraction of sp³-hybridized carbons (Fsp3) is 0.857. The number of cyclic esters (lactones) is 1. The highest BCUT2D eigenvalue weighted by Crippen LogP contribution is 2.51. The molecule has 1 aliphatic heterocycles. The van der Waals surface area contributed by atoms with Gasteiger partial charge in [-0.3, -0.25) is 9.59 Å². The molecule has 0 N–H and O–H groups in total. The first-order valence-corrected chi connectivity index (χ1v) is 7.35. The van der Waals surface area contributed by atoms with Crippen molar-refractivity contribution in [2.24, 2.45) is 11.3 Å². The van der Waals surface area contributed by atoms with Crippen LogP contribution in [0.25, 0.3) is 0 Å². The minimum atomic E-state index is -0.393. The molecular formula is C14H21ClO4. The zero-order valence-electron chi connectivity index (χ0n) is 11.5. The number of alkyl halides is 1. The Labute approximate surface area is 118 Å². The fourth-order valence-electron chi connectivity index (χ4n) is 3.51. The van der Waals surface area contributed by atoms with Gasteiger partial charge in [-0.1, -0.05) is 6.42 Å². The molecule has 5 heteroatoms. The van der Waals surface area contributed by atoms with Crippen LogP contribution in [-0.2, 0) is 19.1 Å². The van der Waals surface area contributed by atoms with Crippen molar-refractivity contribution in [1.82, 2.24) is 0 Å². The Morgan fingerprint density at radius 3 is 2.84 bits per heavy atom. The second kappa shape index (κ2) is 5.31. The van der Waals surface area contributed by atoms with E-state index in [1.165, 1.54) is 0 Å². The first-order valence-electron chi connectivity index (χ1n) is 6.82. The lowest BCUT2D eigenvalue weighted by molar-refractivity contribution is -0.154. The number of hydrogen-bond acceptors (Lipinski definition) is 4. The lowest BCUT2D eigenvalue weighted by atomic mass is 9.67. The molecule has 2 rings (SSSR count). The molecule has 1 spiro atoms. The van der Waals surface area contributed by atoms with E-state index in [1.807, 2.05) is 13.8 Å². The van der Waals surface area contributed by atoms with Crippen molar-refractivity contribution in [1.29, 1.82) is 0 Å². The molecule has 0 radical (unpaired) electrons. The monoisotopic (exact) mass is 288 g/mol. The van der Waals surface area contributed by atoms with Crippen molar-refractivity contribution in [2.45, 2.75) is 51.6 Å². The number of esters is 2. The van der Waals surface area contributed by atoms with Crippen molar-refractivity contribution < 1.29 is 19.1 Å². The molecule has 0 amide bonds. The number of carbonyl (C=O) groups is 2. The molecule has 2 atom stereocenters. The van der Waals surface area contributed by atoms with E-state index in [2.05, 4.69) is 0 Å². The molecule has 1 saturated heterocycles. The van der Waals surface area contributed by atoms with Crippen LogP contribution in [0.3, 0.4) is 0 Å². The minimum Gasteiger partial charge on any atom is -0.465 e. The molecule has 1 saturated carbocycles. The predicted molar refractivity (Wildman–Crippen MR) is 70.9 cm³/mol. The summed E-state index contributed by atoms with van der Waals surface area (Å²) in [6, 6.07) is 0. The van der Waals surface area contributed by atoms with E-state index in [4.69, 9.17) is 21.1 Å². The van der Waals surface area contributed by atoms with Crippen LogP contribution in [0.4, 0.5) is 0 Å². The number of halogens is 1. The average molecular weight is 289 g/mol. The van der Waals surface area contributed by atoms with Crippen molar-refractivity contribution in [2.75, 3.05) is 12.5 Å². The molecule has 108 valence electrons. The maximum Gasteiger partial charge on any atom is 0.320 e. The van der Waals surface area contributed by atoms with Crippen molar-refractivity contribution in [3.8, 4) is 0 Å². The average Bonchev–Trinajstić information content (AvgIpc) is 2.56. The molecule has 4 nitrogen and oxygen atoms in total. The van der Waals surface area contributed by atoms with E-state index >= 15 is 0 Å². The highest BCUT2D eigenvalue weighted by molar-refractivity contribution is 6.26. The fourth-order valence-corrected chi connectivity index (χ4v) is 3.58. The SMILES string of the molecule is CC1(C)CC2(CCCC(COC(=O)CCl)C2)C(=O)O1. The maximum atomic E-state index is 12.2. The lowest BCUT2D eigenvalue weighted by Gasteiger charge is -2.34. The molecule has 2 unspecified atom stereocenters. The summed E-state index contributed by atoms with van der Waals surface area (Å²) in [5, 5.41) is 0. The van der Waals surface area contributed by atoms with E-state index in [1.54, 1.807) is 0 Å². The third-order valence-corrected chi connectivity index (χ3v) is 4.32. The van der Waals surface area contributed by atoms with Crippen LogP contribution < -0.4 is 0 Å². The number of ether oxygens (including phenoxy) is 2. The summed E-state index contributed by atoms with van der Waals surface area (Å²) in [5.41, 5.74) is -0.731. The van der Waals surface area contributed by atoms with Crippen LogP contribution >= 0.6 is 11.6 Å². The van der Waals surface area contributed by atoms with Gasteiger partial charge in [0.1, 0.15) is 11.5 Å². The standard InChI is InChI=1S/C14H21ClO4/c1-13(2)9-14(12(17)19-13)5-3-4-10(6-14)8-18-11(16)7-15/h10H,3-9H2,1-2H3.